The molecule has 0 saturated carbocycles. The molecule has 3 N–H and O–H groups in total. The van der Waals surface area contributed by atoms with Crippen LogP contribution in [0.1, 0.15) is 12.8 Å². The number of carbonyl (C=O) groups excluding carboxylic acids is 1. The van der Waals surface area contributed by atoms with Crippen molar-refractivity contribution in [3.8, 4) is 0 Å². The van der Waals surface area contributed by atoms with Crippen molar-refractivity contribution in [2.24, 2.45) is 0 Å². The molecule has 108 valence electrons. The first-order valence-corrected chi connectivity index (χ1v) is 6.02. The average molecular weight is 274 g/mol. The normalized spacial score (nSPS) is 16.0. The Labute approximate surface area is 110 Å². The van der Waals surface area contributed by atoms with Gasteiger partial charge in [-0.05, 0) is 25.9 Å². The molecule has 8 nitrogen and oxygen atoms in total. The predicted octanol–water partition coefficient (Wildman–Crippen LogP) is -1.25. The van der Waals surface area contributed by atoms with Crippen molar-refractivity contribution in [1.29, 1.82) is 0 Å². The minimum Gasteiger partial charge on any atom is -0.480 e. The van der Waals surface area contributed by atoms with Gasteiger partial charge >= 0.3 is 11.9 Å². The lowest BCUT2D eigenvalue weighted by Crippen LogP contribution is -2.42. The molecule has 1 rings (SSSR count). The molecule has 0 spiro atoms. The zero-order chi connectivity index (χ0) is 14.3. The molecule has 0 aromatic carbocycles. The summed E-state index contributed by atoms with van der Waals surface area (Å²) in [6, 6.07) is 0. The first-order valence-electron chi connectivity index (χ1n) is 6.02. The lowest BCUT2D eigenvalue weighted by Gasteiger charge is -2.24. The largest absolute Gasteiger partial charge is 0.480 e. The molecule has 1 fully saturated rings. The van der Waals surface area contributed by atoms with Crippen molar-refractivity contribution in [2.75, 3.05) is 32.8 Å². The number of hydrogen-bond donors (Lipinski definition) is 3. The first-order chi connectivity index (χ1) is 8.99. The quantitative estimate of drug-likeness (QED) is 0.531. The fraction of sp³-hybridized carbons (Fsp3) is 0.727. The number of nitrogens with zero attached hydrogens (tertiary/aromatic N) is 1. The Morgan fingerprint density at radius 3 is 2.11 bits per heavy atom. The SMILES string of the molecule is O=C(O)CN(CC(=O)O)C(=O)COC1CCNCC1. The van der Waals surface area contributed by atoms with Crippen LogP contribution in [0.3, 0.4) is 0 Å². The third-order valence-corrected chi connectivity index (χ3v) is 2.73. The fourth-order valence-corrected chi connectivity index (χ4v) is 1.80. The standard InChI is InChI=1S/C11H18N2O6/c14-9(7-19-8-1-3-12-4-2-8)13(5-10(15)16)6-11(17)18/h8,12H,1-7H2,(H,15,16)(H,17,18). The van der Waals surface area contributed by atoms with Crippen molar-refractivity contribution >= 4 is 17.8 Å². The van der Waals surface area contributed by atoms with Crippen LogP contribution in [0.2, 0.25) is 0 Å². The van der Waals surface area contributed by atoms with Crippen LogP contribution in [0.5, 0.6) is 0 Å². The van der Waals surface area contributed by atoms with Crippen LogP contribution in [0.25, 0.3) is 0 Å². The number of ether oxygens (including phenoxy) is 1. The van der Waals surface area contributed by atoms with Gasteiger partial charge in [-0.1, -0.05) is 0 Å². The third-order valence-electron chi connectivity index (χ3n) is 2.73. The summed E-state index contributed by atoms with van der Waals surface area (Å²) in [5, 5.41) is 20.4. The minimum atomic E-state index is -1.25. The van der Waals surface area contributed by atoms with E-state index in [9.17, 15) is 14.4 Å². The van der Waals surface area contributed by atoms with Gasteiger partial charge in [0.15, 0.2) is 0 Å². The zero-order valence-electron chi connectivity index (χ0n) is 10.5. The summed E-state index contributed by atoms with van der Waals surface area (Å²) in [6.45, 7) is 0.0618. The summed E-state index contributed by atoms with van der Waals surface area (Å²) >= 11 is 0. The number of carboxylic acids is 2. The van der Waals surface area contributed by atoms with E-state index in [1.807, 2.05) is 0 Å². The Bertz CT molecular complexity index is 324. The van der Waals surface area contributed by atoms with Crippen molar-refractivity contribution < 1.29 is 29.3 Å². The molecule has 0 radical (unpaired) electrons. The second-order valence-corrected chi connectivity index (χ2v) is 4.30. The molecule has 19 heavy (non-hydrogen) atoms. The maximum absolute atomic E-state index is 11.7. The second-order valence-electron chi connectivity index (χ2n) is 4.30. The van der Waals surface area contributed by atoms with Crippen molar-refractivity contribution in [2.45, 2.75) is 18.9 Å². The molecule has 0 atom stereocenters. The molecule has 0 bridgehead atoms. The van der Waals surface area contributed by atoms with Crippen LogP contribution >= 0.6 is 0 Å². The number of carboxylic acid groups (broad SMARTS) is 2. The molecule has 0 unspecified atom stereocenters. The predicted molar refractivity (Wildman–Crippen MR) is 63.7 cm³/mol. The van der Waals surface area contributed by atoms with E-state index in [1.54, 1.807) is 0 Å². The maximum Gasteiger partial charge on any atom is 0.323 e. The Kier molecular flexibility index (Phi) is 6.23. The molecule has 8 heteroatoms. The highest BCUT2D eigenvalue weighted by Gasteiger charge is 2.21. The van der Waals surface area contributed by atoms with Crippen LogP contribution in [0, 0.1) is 0 Å². The van der Waals surface area contributed by atoms with Gasteiger partial charge in [0, 0.05) is 0 Å². The number of amides is 1. The van der Waals surface area contributed by atoms with Crippen LogP contribution < -0.4 is 5.32 Å². The van der Waals surface area contributed by atoms with E-state index in [0.717, 1.165) is 30.8 Å². The second kappa shape index (κ2) is 7.70. The average Bonchev–Trinajstić information content (AvgIpc) is 2.35. The summed E-state index contributed by atoms with van der Waals surface area (Å²) in [4.78, 5) is 33.6. The van der Waals surface area contributed by atoms with Crippen molar-refractivity contribution in [3.63, 3.8) is 0 Å². The zero-order valence-corrected chi connectivity index (χ0v) is 10.5. The monoisotopic (exact) mass is 274 g/mol. The number of carbonyl (C=O) groups is 3. The molecule has 0 aromatic rings. The van der Waals surface area contributed by atoms with E-state index in [1.165, 1.54) is 0 Å². The molecule has 0 aliphatic carbocycles. The van der Waals surface area contributed by atoms with Gasteiger partial charge in [0.25, 0.3) is 0 Å². The van der Waals surface area contributed by atoms with Crippen molar-refractivity contribution in [3.05, 3.63) is 0 Å². The molecule has 1 aliphatic rings. The highest BCUT2D eigenvalue weighted by Crippen LogP contribution is 2.07. The van der Waals surface area contributed by atoms with Crippen LogP contribution in [0.4, 0.5) is 0 Å². The Morgan fingerprint density at radius 2 is 1.63 bits per heavy atom. The summed E-state index contributed by atoms with van der Waals surface area (Å²) in [7, 11) is 0. The molecule has 1 amide bonds. The number of piperidine rings is 1. The maximum atomic E-state index is 11.7. The van der Waals surface area contributed by atoms with E-state index in [-0.39, 0.29) is 12.7 Å². The highest BCUT2D eigenvalue weighted by molar-refractivity contribution is 5.85. The number of hydrogen-bond acceptors (Lipinski definition) is 5. The van der Waals surface area contributed by atoms with Crippen LogP contribution in [-0.4, -0.2) is 71.8 Å². The van der Waals surface area contributed by atoms with Gasteiger partial charge in [0.1, 0.15) is 19.7 Å². The van der Waals surface area contributed by atoms with Gasteiger partial charge in [-0.15, -0.1) is 0 Å². The Balaban J connectivity index is 2.41. The van der Waals surface area contributed by atoms with Crippen LogP contribution in [0.15, 0.2) is 0 Å². The number of aliphatic carboxylic acids is 2. The lowest BCUT2D eigenvalue weighted by atomic mass is 10.1. The van der Waals surface area contributed by atoms with Crippen LogP contribution in [-0.2, 0) is 19.1 Å². The van der Waals surface area contributed by atoms with Gasteiger partial charge in [0.05, 0.1) is 6.10 Å². The van der Waals surface area contributed by atoms with E-state index in [0.29, 0.717) is 0 Å². The Morgan fingerprint density at radius 1 is 1.11 bits per heavy atom. The summed E-state index contributed by atoms with van der Waals surface area (Å²) in [6.07, 6.45) is 1.53. The fourth-order valence-electron chi connectivity index (χ4n) is 1.80. The smallest absolute Gasteiger partial charge is 0.323 e. The van der Waals surface area contributed by atoms with E-state index < -0.39 is 30.9 Å². The molecule has 1 saturated heterocycles. The molecule has 1 aliphatic heterocycles. The summed E-state index contributed by atoms with van der Waals surface area (Å²) in [5.74, 6) is -3.13. The van der Waals surface area contributed by atoms with Gasteiger partial charge < -0.3 is 25.2 Å². The molecule has 0 aromatic heterocycles. The topological polar surface area (TPSA) is 116 Å². The van der Waals surface area contributed by atoms with Gasteiger partial charge in [-0.3, -0.25) is 14.4 Å². The van der Waals surface area contributed by atoms with E-state index >= 15 is 0 Å². The molecular weight excluding hydrogens is 256 g/mol. The van der Waals surface area contributed by atoms with E-state index in [4.69, 9.17) is 14.9 Å². The number of nitrogens with one attached hydrogen (secondary N) is 1. The highest BCUT2D eigenvalue weighted by atomic mass is 16.5. The van der Waals surface area contributed by atoms with Gasteiger partial charge in [0.2, 0.25) is 5.91 Å². The van der Waals surface area contributed by atoms with E-state index in [2.05, 4.69) is 5.32 Å². The van der Waals surface area contributed by atoms with Gasteiger partial charge in [-0.2, -0.15) is 0 Å². The molecular formula is C11H18N2O6. The Hall–Kier alpha value is -1.67. The summed E-state index contributed by atoms with van der Waals surface area (Å²) in [5.41, 5.74) is 0. The van der Waals surface area contributed by atoms with Gasteiger partial charge in [-0.25, -0.2) is 0 Å². The number of rotatable bonds is 7. The third kappa shape index (κ3) is 6.16. The first kappa shape index (κ1) is 15.4. The van der Waals surface area contributed by atoms with Crippen molar-refractivity contribution in [1.82, 2.24) is 10.2 Å². The summed E-state index contributed by atoms with van der Waals surface area (Å²) < 4.78 is 5.37. The molecule has 1 heterocycles. The lowest BCUT2D eigenvalue weighted by molar-refractivity contribution is -0.152. The minimum absolute atomic E-state index is 0.0401.